The van der Waals surface area contributed by atoms with Crippen molar-refractivity contribution in [2.24, 2.45) is 0 Å². The molecule has 0 aromatic heterocycles. The Balaban J connectivity index is 1.38. The number of carbonyl (C=O) groups excluding carboxylic acids is 2. The number of urea groups is 1. The highest BCUT2D eigenvalue weighted by Crippen LogP contribution is 2.23. The van der Waals surface area contributed by atoms with Crippen molar-refractivity contribution in [2.45, 2.75) is 31.7 Å². The predicted molar refractivity (Wildman–Crippen MR) is 98.2 cm³/mol. The van der Waals surface area contributed by atoms with E-state index in [9.17, 15) is 9.59 Å². The second kappa shape index (κ2) is 8.54. The van der Waals surface area contributed by atoms with Crippen LogP contribution in [0.3, 0.4) is 0 Å². The van der Waals surface area contributed by atoms with Gasteiger partial charge in [0.1, 0.15) is 0 Å². The van der Waals surface area contributed by atoms with Gasteiger partial charge >= 0.3 is 6.03 Å². The Bertz CT molecular complexity index is 602. The summed E-state index contributed by atoms with van der Waals surface area (Å²) in [5, 5.41) is 6.44. The van der Waals surface area contributed by atoms with Gasteiger partial charge in [-0.1, -0.05) is 11.6 Å². The lowest BCUT2D eigenvalue weighted by Gasteiger charge is -2.17. The molecule has 0 radical (unpaired) electrons. The van der Waals surface area contributed by atoms with Crippen LogP contribution in [0.2, 0.25) is 5.02 Å². The molecule has 3 N–H and O–H groups in total. The van der Waals surface area contributed by atoms with E-state index in [0.29, 0.717) is 24.5 Å². The van der Waals surface area contributed by atoms with Crippen molar-refractivity contribution >= 4 is 29.2 Å². The first-order chi connectivity index (χ1) is 12.1. The zero-order valence-corrected chi connectivity index (χ0v) is 15.1. The summed E-state index contributed by atoms with van der Waals surface area (Å²) in [6.45, 7) is 4.81. The lowest BCUT2D eigenvalue weighted by atomic mass is 10.2. The molecule has 1 aromatic rings. The molecule has 2 aliphatic rings. The molecule has 6 nitrogen and oxygen atoms in total. The number of likely N-dealkylation sites (tertiary alicyclic amines) is 1. The number of rotatable bonds is 6. The Morgan fingerprint density at radius 3 is 2.68 bits per heavy atom. The van der Waals surface area contributed by atoms with Crippen LogP contribution in [0, 0.1) is 0 Å². The number of amides is 3. The highest BCUT2D eigenvalue weighted by molar-refractivity contribution is 6.30. The molecule has 136 valence electrons. The highest BCUT2D eigenvalue weighted by atomic mass is 35.5. The third kappa shape index (κ3) is 5.09. The maximum absolute atomic E-state index is 12.2. The van der Waals surface area contributed by atoms with Crippen molar-refractivity contribution in [3.8, 4) is 0 Å². The minimum atomic E-state index is -0.188. The number of nitrogens with zero attached hydrogens (tertiary/aromatic N) is 1. The number of anilines is 1. The van der Waals surface area contributed by atoms with Gasteiger partial charge in [0.25, 0.3) is 0 Å². The van der Waals surface area contributed by atoms with Crippen LogP contribution in [0.1, 0.15) is 25.7 Å². The van der Waals surface area contributed by atoms with Gasteiger partial charge in [-0.3, -0.25) is 4.79 Å². The van der Waals surface area contributed by atoms with E-state index in [1.165, 1.54) is 25.9 Å². The third-order valence-corrected chi connectivity index (χ3v) is 5.15. The zero-order valence-electron chi connectivity index (χ0n) is 14.4. The van der Waals surface area contributed by atoms with Crippen LogP contribution in [0.5, 0.6) is 0 Å². The molecule has 0 spiro atoms. The molecule has 1 atom stereocenters. The molecule has 3 rings (SSSR count). The fraction of sp³-hybridized carbons (Fsp3) is 0.556. The number of nitrogens with one attached hydrogen (secondary N) is 3. The van der Waals surface area contributed by atoms with Crippen LogP contribution in [-0.2, 0) is 4.79 Å². The third-order valence-electron chi connectivity index (χ3n) is 4.90. The summed E-state index contributed by atoms with van der Waals surface area (Å²) in [5.74, 6) is 0.0188. The monoisotopic (exact) mass is 365 g/mol. The normalized spacial score (nSPS) is 20.9. The second-order valence-corrected chi connectivity index (χ2v) is 7.28. The first kappa shape index (κ1) is 18.0. The summed E-state index contributed by atoms with van der Waals surface area (Å²) in [6.07, 6.45) is 3.96. The Hall–Kier alpha value is -1.79. The number of hydrogen-bond acceptors (Lipinski definition) is 2. The first-order valence-corrected chi connectivity index (χ1v) is 9.43. The highest BCUT2D eigenvalue weighted by Gasteiger charge is 2.31. The van der Waals surface area contributed by atoms with E-state index in [4.69, 9.17) is 11.6 Å². The molecule has 2 heterocycles. The summed E-state index contributed by atoms with van der Waals surface area (Å²) in [4.78, 5) is 27.5. The Kier molecular flexibility index (Phi) is 6.15. The first-order valence-electron chi connectivity index (χ1n) is 9.05. The van der Waals surface area contributed by atoms with E-state index in [1.54, 1.807) is 21.9 Å². The topological polar surface area (TPSA) is 65.9 Å². The number of carbonyl (C=O) groups is 2. The van der Waals surface area contributed by atoms with Crippen LogP contribution < -0.4 is 20.4 Å². The van der Waals surface area contributed by atoms with Crippen LogP contribution in [0.25, 0.3) is 0 Å². The summed E-state index contributed by atoms with van der Waals surface area (Å²) in [5.41, 5.74) is 0.813. The quantitative estimate of drug-likeness (QED) is 0.653. The molecule has 0 saturated carbocycles. The molecule has 25 heavy (non-hydrogen) atoms. The minimum absolute atomic E-state index is 0.0188. The van der Waals surface area contributed by atoms with E-state index in [-0.39, 0.29) is 18.0 Å². The average molecular weight is 366 g/mol. The van der Waals surface area contributed by atoms with Crippen molar-refractivity contribution in [2.75, 3.05) is 37.6 Å². The fourth-order valence-corrected chi connectivity index (χ4v) is 3.70. The van der Waals surface area contributed by atoms with E-state index >= 15 is 0 Å². The largest absolute Gasteiger partial charge is 0.338 e. The summed E-state index contributed by atoms with van der Waals surface area (Å²) < 4.78 is 0. The second-order valence-electron chi connectivity index (χ2n) is 6.84. The Labute approximate surface area is 153 Å². The van der Waals surface area contributed by atoms with Crippen LogP contribution in [0.15, 0.2) is 24.3 Å². The van der Waals surface area contributed by atoms with Crippen LogP contribution in [0.4, 0.5) is 10.5 Å². The van der Waals surface area contributed by atoms with Crippen molar-refractivity contribution in [1.29, 1.82) is 0 Å². The molecule has 7 heteroatoms. The number of hydrogen-bond donors (Lipinski definition) is 3. The molecule has 0 aliphatic carbocycles. The molecule has 2 aliphatic heterocycles. The smallest absolute Gasteiger partial charge is 0.315 e. The van der Waals surface area contributed by atoms with Crippen LogP contribution in [-0.4, -0.2) is 50.7 Å². The van der Waals surface area contributed by atoms with Crippen LogP contribution >= 0.6 is 11.6 Å². The molecule has 0 unspecified atom stereocenters. The maximum Gasteiger partial charge on any atom is 0.315 e. The van der Waals surface area contributed by atoms with Crippen molar-refractivity contribution < 1.29 is 14.5 Å². The fourth-order valence-electron chi connectivity index (χ4n) is 3.58. The minimum Gasteiger partial charge on any atom is -0.338 e. The summed E-state index contributed by atoms with van der Waals surface area (Å²) in [7, 11) is 0. The number of halogens is 1. The van der Waals surface area contributed by atoms with E-state index in [2.05, 4.69) is 10.6 Å². The van der Waals surface area contributed by atoms with Gasteiger partial charge in [0, 0.05) is 49.5 Å². The Morgan fingerprint density at radius 2 is 1.96 bits per heavy atom. The molecular formula is C18H26ClN4O2+. The zero-order chi connectivity index (χ0) is 17.6. The van der Waals surface area contributed by atoms with Gasteiger partial charge in [0.2, 0.25) is 5.91 Å². The predicted octanol–water partition coefficient (Wildman–Crippen LogP) is 0.813. The van der Waals surface area contributed by atoms with Crippen molar-refractivity contribution in [3.63, 3.8) is 0 Å². The standard InChI is InChI=1S/C18H25ClN4O2/c19-14-4-6-16(7-5-14)23-13-15(12-17(23)24)21-18(25)20-8-3-11-22-9-1-2-10-22/h4-7,15H,1-3,8-13H2,(H2,20,21,25)/p+1/t15-/m1/s1. The molecule has 3 amide bonds. The van der Waals surface area contributed by atoms with Gasteiger partial charge in [0.15, 0.2) is 0 Å². The summed E-state index contributed by atoms with van der Waals surface area (Å²) >= 11 is 5.88. The Morgan fingerprint density at radius 1 is 1.24 bits per heavy atom. The van der Waals surface area contributed by atoms with Gasteiger partial charge in [0.05, 0.1) is 25.7 Å². The van der Waals surface area contributed by atoms with Gasteiger partial charge in [-0.2, -0.15) is 0 Å². The van der Waals surface area contributed by atoms with Crippen molar-refractivity contribution in [1.82, 2.24) is 10.6 Å². The number of quaternary nitrogens is 1. The SMILES string of the molecule is O=C(NCCC[NH+]1CCCC1)N[C@@H]1CC(=O)N(c2ccc(Cl)cc2)C1. The molecule has 0 bridgehead atoms. The summed E-state index contributed by atoms with van der Waals surface area (Å²) in [6, 6.07) is 6.83. The van der Waals surface area contributed by atoms with E-state index in [0.717, 1.165) is 18.7 Å². The van der Waals surface area contributed by atoms with E-state index in [1.807, 2.05) is 12.1 Å². The molecule has 2 saturated heterocycles. The van der Waals surface area contributed by atoms with E-state index < -0.39 is 0 Å². The number of benzene rings is 1. The molecule has 2 fully saturated rings. The maximum atomic E-state index is 12.2. The lowest BCUT2D eigenvalue weighted by molar-refractivity contribution is -0.887. The van der Waals surface area contributed by atoms with Gasteiger partial charge < -0.3 is 20.4 Å². The molecular weight excluding hydrogens is 340 g/mol. The average Bonchev–Trinajstić information content (AvgIpc) is 3.22. The van der Waals surface area contributed by atoms with Gasteiger partial charge in [-0.15, -0.1) is 0 Å². The molecule has 1 aromatic carbocycles. The lowest BCUT2D eigenvalue weighted by Crippen LogP contribution is -3.10. The van der Waals surface area contributed by atoms with Crippen molar-refractivity contribution in [3.05, 3.63) is 29.3 Å². The van der Waals surface area contributed by atoms with Gasteiger partial charge in [-0.05, 0) is 24.3 Å². The van der Waals surface area contributed by atoms with Gasteiger partial charge in [-0.25, -0.2) is 4.79 Å².